The van der Waals surface area contributed by atoms with Crippen LogP contribution >= 0.6 is 15.9 Å². The highest BCUT2D eigenvalue weighted by Crippen LogP contribution is 2.23. The molecule has 108 valence electrons. The number of aliphatic hydroxyl groups is 1. The highest BCUT2D eigenvalue weighted by Gasteiger charge is 2.18. The van der Waals surface area contributed by atoms with Crippen LogP contribution in [0.2, 0.25) is 0 Å². The second kappa shape index (κ2) is 6.00. The lowest BCUT2D eigenvalue weighted by Gasteiger charge is -2.08. The average Bonchev–Trinajstić information content (AvgIpc) is 2.82. The van der Waals surface area contributed by atoms with Gasteiger partial charge in [0.05, 0.1) is 18.0 Å². The van der Waals surface area contributed by atoms with Crippen molar-refractivity contribution in [3.05, 3.63) is 40.0 Å². The molecule has 20 heavy (non-hydrogen) atoms. The van der Waals surface area contributed by atoms with Crippen molar-refractivity contribution in [3.63, 3.8) is 0 Å². The normalized spacial score (nSPS) is 11.8. The molecule has 0 unspecified atom stereocenters. The third kappa shape index (κ3) is 3.42. The van der Waals surface area contributed by atoms with E-state index in [9.17, 15) is 8.42 Å². The Hall–Kier alpha value is -1.29. The summed E-state index contributed by atoms with van der Waals surface area (Å²) in [5.74, 6) is 0.627. The van der Waals surface area contributed by atoms with Crippen LogP contribution < -0.4 is 4.72 Å². The van der Waals surface area contributed by atoms with E-state index in [-0.39, 0.29) is 23.9 Å². The molecule has 0 radical (unpaired) electrons. The van der Waals surface area contributed by atoms with Crippen molar-refractivity contribution in [1.82, 2.24) is 14.9 Å². The highest BCUT2D eigenvalue weighted by molar-refractivity contribution is 9.10. The molecule has 0 aliphatic rings. The summed E-state index contributed by atoms with van der Waals surface area (Å²) in [6, 6.07) is 4.50. The monoisotopic (exact) mass is 361 g/mol. The summed E-state index contributed by atoms with van der Waals surface area (Å²) < 4.78 is 31.8. The number of sulfonamides is 1. The van der Waals surface area contributed by atoms with Gasteiger partial charge in [-0.3, -0.25) is 0 Å². The fraction of sp³-hybridized carbons (Fsp3) is 0.273. The van der Waals surface area contributed by atoms with Gasteiger partial charge in [0.15, 0.2) is 5.82 Å². The first-order chi connectivity index (χ1) is 9.42. The first-order valence-corrected chi connectivity index (χ1v) is 7.88. The van der Waals surface area contributed by atoms with Gasteiger partial charge in [-0.1, -0.05) is 11.2 Å². The zero-order chi connectivity index (χ0) is 14.8. The quantitative estimate of drug-likeness (QED) is 0.826. The van der Waals surface area contributed by atoms with Crippen LogP contribution in [0, 0.1) is 6.92 Å². The molecule has 0 amide bonds. The summed E-state index contributed by atoms with van der Waals surface area (Å²) in [7, 11) is -3.71. The van der Waals surface area contributed by atoms with Crippen molar-refractivity contribution < 1.29 is 18.0 Å². The molecule has 0 spiro atoms. The number of aryl methyl sites for hydroxylation is 1. The maximum Gasteiger partial charge on any atom is 0.242 e. The molecule has 1 aromatic heterocycles. The number of rotatable bonds is 5. The van der Waals surface area contributed by atoms with Gasteiger partial charge >= 0.3 is 0 Å². The summed E-state index contributed by atoms with van der Waals surface area (Å²) in [5.41, 5.74) is 0.614. The molecule has 2 N–H and O–H groups in total. The van der Waals surface area contributed by atoms with Crippen LogP contribution in [0.3, 0.4) is 0 Å². The van der Waals surface area contributed by atoms with E-state index in [4.69, 9.17) is 9.63 Å². The third-order valence-electron chi connectivity index (χ3n) is 2.45. The number of benzene rings is 1. The Kier molecular flexibility index (Phi) is 4.53. The van der Waals surface area contributed by atoms with Gasteiger partial charge in [0.25, 0.3) is 0 Å². The average molecular weight is 362 g/mol. The Morgan fingerprint density at radius 3 is 2.75 bits per heavy atom. The highest BCUT2D eigenvalue weighted by atomic mass is 79.9. The minimum Gasteiger partial charge on any atom is -0.392 e. The minimum absolute atomic E-state index is 0.0749. The van der Waals surface area contributed by atoms with E-state index in [1.54, 1.807) is 13.0 Å². The Labute approximate surface area is 124 Å². The molecular weight excluding hydrogens is 350 g/mol. The van der Waals surface area contributed by atoms with Crippen molar-refractivity contribution >= 4 is 26.0 Å². The Bertz CT molecular complexity index is 714. The van der Waals surface area contributed by atoms with Gasteiger partial charge in [0.2, 0.25) is 15.9 Å². The number of hydrogen-bond acceptors (Lipinski definition) is 6. The maximum absolute atomic E-state index is 12.1. The molecule has 7 nitrogen and oxygen atoms in total. The smallest absolute Gasteiger partial charge is 0.242 e. The van der Waals surface area contributed by atoms with E-state index in [0.717, 1.165) is 0 Å². The van der Waals surface area contributed by atoms with Crippen LogP contribution in [-0.2, 0) is 23.2 Å². The molecule has 1 aromatic carbocycles. The standard InChI is InChI=1S/C11H12BrN3O4S/c1-7-14-11(19-15-7)5-13-20(17,18)10-3-2-8(6-16)4-9(10)12/h2-4,13,16H,5-6H2,1H3. The molecule has 2 rings (SSSR count). The lowest BCUT2D eigenvalue weighted by atomic mass is 10.2. The van der Waals surface area contributed by atoms with Crippen molar-refractivity contribution in [1.29, 1.82) is 0 Å². The van der Waals surface area contributed by atoms with Gasteiger partial charge in [-0.25, -0.2) is 13.1 Å². The van der Waals surface area contributed by atoms with Gasteiger partial charge in [-0.2, -0.15) is 4.98 Å². The van der Waals surface area contributed by atoms with Crippen molar-refractivity contribution in [3.8, 4) is 0 Å². The topological polar surface area (TPSA) is 105 Å². The summed E-state index contributed by atoms with van der Waals surface area (Å²) in [6.07, 6.45) is 0. The number of nitrogens with zero attached hydrogens (tertiary/aromatic N) is 2. The Morgan fingerprint density at radius 1 is 1.45 bits per heavy atom. The van der Waals surface area contributed by atoms with Crippen LogP contribution in [0.25, 0.3) is 0 Å². The molecule has 0 bridgehead atoms. The van der Waals surface area contributed by atoms with Gasteiger partial charge in [-0.15, -0.1) is 0 Å². The predicted molar refractivity (Wildman–Crippen MR) is 73.1 cm³/mol. The summed E-state index contributed by atoms with van der Waals surface area (Å²) >= 11 is 3.17. The van der Waals surface area contributed by atoms with Crippen molar-refractivity contribution in [2.24, 2.45) is 0 Å². The van der Waals surface area contributed by atoms with Crippen LogP contribution in [0.5, 0.6) is 0 Å². The SMILES string of the molecule is Cc1noc(CNS(=O)(=O)c2ccc(CO)cc2Br)n1. The summed E-state index contributed by atoms with van der Waals surface area (Å²) in [4.78, 5) is 3.98. The van der Waals surface area contributed by atoms with Gasteiger partial charge < -0.3 is 9.63 Å². The first-order valence-electron chi connectivity index (χ1n) is 5.60. The van der Waals surface area contributed by atoms with Gasteiger partial charge in [0.1, 0.15) is 0 Å². The minimum atomic E-state index is -3.71. The van der Waals surface area contributed by atoms with Crippen molar-refractivity contribution in [2.45, 2.75) is 25.0 Å². The molecule has 2 aromatic rings. The fourth-order valence-corrected chi connectivity index (χ4v) is 3.60. The zero-order valence-electron chi connectivity index (χ0n) is 10.5. The van der Waals surface area contributed by atoms with Crippen LogP contribution in [-0.4, -0.2) is 23.7 Å². The molecule has 0 aliphatic heterocycles. The molecule has 9 heteroatoms. The molecule has 0 atom stereocenters. The summed E-state index contributed by atoms with van der Waals surface area (Å²) in [5, 5.41) is 12.6. The van der Waals surface area contributed by atoms with Crippen LogP contribution in [0.15, 0.2) is 32.1 Å². The predicted octanol–water partition coefficient (Wildman–Crippen LogP) is 1.11. The molecular formula is C11H12BrN3O4S. The number of nitrogens with one attached hydrogen (secondary N) is 1. The van der Waals surface area contributed by atoms with E-state index in [1.807, 2.05) is 0 Å². The van der Waals surface area contributed by atoms with Gasteiger partial charge in [0, 0.05) is 4.47 Å². The first kappa shape index (κ1) is 15.1. The van der Waals surface area contributed by atoms with E-state index >= 15 is 0 Å². The summed E-state index contributed by atoms with van der Waals surface area (Å²) in [6.45, 7) is 1.40. The third-order valence-corrected chi connectivity index (χ3v) is 4.83. The van der Waals surface area contributed by atoms with E-state index < -0.39 is 10.0 Å². The number of aliphatic hydroxyl groups excluding tert-OH is 1. The second-order valence-electron chi connectivity index (χ2n) is 3.98. The molecule has 0 aliphatic carbocycles. The lowest BCUT2D eigenvalue weighted by molar-refractivity contribution is 0.281. The largest absolute Gasteiger partial charge is 0.392 e. The van der Waals surface area contributed by atoms with Crippen molar-refractivity contribution in [2.75, 3.05) is 0 Å². The lowest BCUT2D eigenvalue weighted by Crippen LogP contribution is -2.23. The Balaban J connectivity index is 2.18. The second-order valence-corrected chi connectivity index (χ2v) is 6.57. The maximum atomic E-state index is 12.1. The van der Waals surface area contributed by atoms with Crippen LogP contribution in [0.4, 0.5) is 0 Å². The molecule has 0 fully saturated rings. The molecule has 1 heterocycles. The van der Waals surface area contributed by atoms with Crippen LogP contribution in [0.1, 0.15) is 17.3 Å². The number of hydrogen-bond donors (Lipinski definition) is 2. The van der Waals surface area contributed by atoms with E-state index in [1.165, 1.54) is 12.1 Å². The van der Waals surface area contributed by atoms with Gasteiger partial charge in [-0.05, 0) is 40.5 Å². The molecule has 0 saturated carbocycles. The number of halogens is 1. The van der Waals surface area contributed by atoms with E-state index in [2.05, 4.69) is 30.8 Å². The number of aromatic nitrogens is 2. The molecule has 0 saturated heterocycles. The fourth-order valence-electron chi connectivity index (χ4n) is 1.51. The van der Waals surface area contributed by atoms with E-state index in [0.29, 0.717) is 15.9 Å². The Morgan fingerprint density at radius 2 is 2.20 bits per heavy atom. The zero-order valence-corrected chi connectivity index (χ0v) is 12.9.